The summed E-state index contributed by atoms with van der Waals surface area (Å²) in [6.45, 7) is 7.61. The Morgan fingerprint density at radius 1 is 1.06 bits per heavy atom. The number of nitrogens with one attached hydrogen (secondary N) is 2. The van der Waals surface area contributed by atoms with E-state index in [1.165, 1.54) is 24.3 Å². The molecule has 1 saturated heterocycles. The van der Waals surface area contributed by atoms with Gasteiger partial charge in [0, 0.05) is 12.7 Å². The van der Waals surface area contributed by atoms with Crippen molar-refractivity contribution >= 4 is 28.6 Å². The van der Waals surface area contributed by atoms with Gasteiger partial charge in [-0.15, -0.1) is 10.3 Å². The molecule has 1 amide bonds. The second-order valence-electron chi connectivity index (χ2n) is 9.89. The summed E-state index contributed by atoms with van der Waals surface area (Å²) in [7, 11) is 1.42. The van der Waals surface area contributed by atoms with Gasteiger partial charge in [0.05, 0.1) is 17.4 Å². The van der Waals surface area contributed by atoms with Gasteiger partial charge >= 0.3 is 0 Å². The van der Waals surface area contributed by atoms with Gasteiger partial charge in [-0.25, -0.2) is 15.0 Å². The molecule has 4 atom stereocenters. The van der Waals surface area contributed by atoms with Crippen molar-refractivity contribution in [2.75, 3.05) is 12.4 Å². The smallest absolute Gasteiger partial charge is 0.251 e. The highest BCUT2D eigenvalue weighted by atomic mass is 16.6. The highest BCUT2D eigenvalue weighted by Crippen LogP contribution is 2.49. The number of carbonyl (C=O) groups excluding carboxylic acids is 1. The minimum Gasteiger partial charge on any atom is -0.387 e. The molecule has 0 saturated carbocycles. The molecule has 0 unspecified atom stereocenters. The fourth-order valence-electron chi connectivity index (χ4n) is 5.09. The van der Waals surface area contributed by atoms with E-state index in [4.69, 9.17) is 4.74 Å². The van der Waals surface area contributed by atoms with Crippen LogP contribution in [-0.2, 0) is 25.8 Å². The van der Waals surface area contributed by atoms with Crippen LogP contribution in [0.3, 0.4) is 0 Å². The first-order chi connectivity index (χ1) is 16.5. The van der Waals surface area contributed by atoms with Crippen LogP contribution in [0.4, 0.5) is 11.5 Å². The molecule has 1 radical (unpaired) electrons. The third-order valence-electron chi connectivity index (χ3n) is 6.99. The van der Waals surface area contributed by atoms with E-state index in [0.29, 0.717) is 17.0 Å². The maximum atomic E-state index is 12.9. The second kappa shape index (κ2) is 7.93. The highest BCUT2D eigenvalue weighted by Gasteiger charge is 2.50. The highest BCUT2D eigenvalue weighted by molar-refractivity contribution is 5.85. The predicted molar refractivity (Wildman–Crippen MR) is 124 cm³/mol. The number of aliphatic hydroxyl groups excluding tert-OH is 2. The number of anilines is 2. The van der Waals surface area contributed by atoms with Crippen LogP contribution >= 0.6 is 0 Å². The molecule has 0 bridgehead atoms. The van der Waals surface area contributed by atoms with Crippen molar-refractivity contribution in [2.45, 2.75) is 63.3 Å². The molecule has 185 valence electrons. The van der Waals surface area contributed by atoms with Crippen molar-refractivity contribution in [1.82, 2.24) is 29.9 Å². The largest absolute Gasteiger partial charge is 0.387 e. The third-order valence-corrected chi connectivity index (χ3v) is 6.99. The normalized spacial score (nSPS) is 27.2. The molecule has 4 heterocycles. The van der Waals surface area contributed by atoms with Gasteiger partial charge in [-0.3, -0.25) is 9.36 Å². The molecule has 2 aliphatic heterocycles. The molecular weight excluding hydrogens is 454 g/mol. The van der Waals surface area contributed by atoms with Crippen molar-refractivity contribution < 1.29 is 25.0 Å². The summed E-state index contributed by atoms with van der Waals surface area (Å²) in [5.74, 6) is -0.126. The molecule has 35 heavy (non-hydrogen) atoms. The monoisotopic (exact) mass is 482 g/mol. The first-order valence-corrected chi connectivity index (χ1v) is 11.3. The Bertz CT molecular complexity index is 1310. The number of hydrogen-bond acceptors (Lipinski definition) is 9. The average molecular weight is 483 g/mol. The molecule has 1 fully saturated rings. The van der Waals surface area contributed by atoms with E-state index in [-0.39, 0.29) is 0 Å². The van der Waals surface area contributed by atoms with Crippen LogP contribution in [0.5, 0.6) is 0 Å². The zero-order valence-corrected chi connectivity index (χ0v) is 20.1. The lowest BCUT2D eigenvalue weighted by Crippen LogP contribution is -2.41. The summed E-state index contributed by atoms with van der Waals surface area (Å²) < 4.78 is 7.11. The molecule has 0 aliphatic carbocycles. The molecule has 5 rings (SSSR count). The van der Waals surface area contributed by atoms with Crippen molar-refractivity contribution in [3.05, 3.63) is 42.0 Å². The number of rotatable bonds is 4. The number of likely N-dealkylation sites (N-methyl/N-ethyl adjacent to an activating group) is 1. The Morgan fingerprint density at radius 2 is 1.77 bits per heavy atom. The zero-order chi connectivity index (χ0) is 25.3. The Labute approximate surface area is 201 Å². The van der Waals surface area contributed by atoms with E-state index >= 15 is 0 Å². The number of hydroxylamine groups is 2. The Morgan fingerprint density at radius 3 is 2.49 bits per heavy atom. The topological polar surface area (TPSA) is 158 Å². The molecular formula is C23H28N7O5. The number of amides is 1. The molecule has 2 aliphatic rings. The van der Waals surface area contributed by atoms with E-state index in [1.807, 2.05) is 45.9 Å². The maximum absolute atomic E-state index is 12.9. The number of ether oxygens (including phenoxy) is 1. The number of aromatic nitrogens is 4. The lowest BCUT2D eigenvalue weighted by molar-refractivity contribution is -0.266. The second-order valence-corrected chi connectivity index (χ2v) is 9.89. The van der Waals surface area contributed by atoms with Crippen molar-refractivity contribution in [2.24, 2.45) is 0 Å². The predicted octanol–water partition coefficient (Wildman–Crippen LogP) is 1.07. The third kappa shape index (κ3) is 3.40. The van der Waals surface area contributed by atoms with Gasteiger partial charge in [0.15, 0.2) is 29.3 Å². The van der Waals surface area contributed by atoms with E-state index in [2.05, 4.69) is 25.6 Å². The lowest BCUT2D eigenvalue weighted by Gasteiger charge is -2.32. The average Bonchev–Trinajstić information content (AvgIpc) is 3.42. The molecule has 12 heteroatoms. The fourth-order valence-corrected chi connectivity index (χ4v) is 5.09. The SMILES string of the molecule is CNC(=O)[C@H]1O[C@@H](n2cnc3c(Nc4ccc5c(c4)C(C)(C)N([O])C5(C)C)ncnc32)[C@H](O)[C@@H]1O. The first kappa shape index (κ1) is 23.6. The van der Waals surface area contributed by atoms with Crippen LogP contribution in [0.1, 0.15) is 45.0 Å². The van der Waals surface area contributed by atoms with E-state index < -0.39 is 41.5 Å². The summed E-state index contributed by atoms with van der Waals surface area (Å²) in [6, 6.07) is 5.76. The number of imidazole rings is 1. The summed E-state index contributed by atoms with van der Waals surface area (Å²) in [5, 5.41) is 40.5. The minimum atomic E-state index is -1.41. The van der Waals surface area contributed by atoms with Crippen LogP contribution in [0.15, 0.2) is 30.9 Å². The first-order valence-electron chi connectivity index (χ1n) is 11.3. The van der Waals surface area contributed by atoms with Crippen LogP contribution in [0.25, 0.3) is 11.2 Å². The van der Waals surface area contributed by atoms with Gasteiger partial charge in [0.1, 0.15) is 18.5 Å². The lowest BCUT2D eigenvalue weighted by atomic mass is 9.90. The van der Waals surface area contributed by atoms with Crippen molar-refractivity contribution in [3.8, 4) is 0 Å². The van der Waals surface area contributed by atoms with Crippen molar-refractivity contribution in [1.29, 1.82) is 0 Å². The van der Waals surface area contributed by atoms with E-state index in [1.54, 1.807) is 0 Å². The van der Waals surface area contributed by atoms with Crippen LogP contribution < -0.4 is 10.6 Å². The summed E-state index contributed by atoms with van der Waals surface area (Å²) in [6.07, 6.45) is -2.30. The number of benzene rings is 1. The minimum absolute atomic E-state index is 0.352. The van der Waals surface area contributed by atoms with Gasteiger partial charge < -0.3 is 25.6 Å². The van der Waals surface area contributed by atoms with Gasteiger partial charge in [-0.2, -0.15) is 0 Å². The summed E-state index contributed by atoms with van der Waals surface area (Å²) in [4.78, 5) is 25.0. The Balaban J connectivity index is 1.48. The fraction of sp³-hybridized carbons (Fsp3) is 0.478. The molecule has 2 aromatic heterocycles. The summed E-state index contributed by atoms with van der Waals surface area (Å²) in [5.41, 5.74) is 2.04. The Hall–Kier alpha value is -3.16. The van der Waals surface area contributed by atoms with Crippen LogP contribution in [0.2, 0.25) is 0 Å². The number of fused-ring (bicyclic) bond motifs is 2. The molecule has 4 N–H and O–H groups in total. The molecule has 12 nitrogen and oxygen atoms in total. The van der Waals surface area contributed by atoms with Gasteiger partial charge in [0.2, 0.25) is 0 Å². The van der Waals surface area contributed by atoms with Crippen molar-refractivity contribution in [3.63, 3.8) is 0 Å². The number of carbonyl (C=O) groups is 1. The molecule has 1 aromatic carbocycles. The van der Waals surface area contributed by atoms with Gasteiger partial charge in [-0.05, 0) is 51.0 Å². The number of hydrogen-bond donors (Lipinski definition) is 4. The standard InChI is InChI=1S/C23H28N7O5/c1-22(2)12-7-6-11(8-13(12)23(3,4)30(22)34)28-18-14-19(26-9-25-18)29(10-27-14)21-16(32)15(31)17(35-21)20(33)24-5/h6-10,15-17,21,31-32H,1-5H3,(H,24,33)(H,25,26,28)/t15-,16+,17-,21+/m0/s1. The quantitative estimate of drug-likeness (QED) is 0.427. The number of aliphatic hydroxyl groups is 2. The maximum Gasteiger partial charge on any atom is 0.251 e. The summed E-state index contributed by atoms with van der Waals surface area (Å²) >= 11 is 0. The van der Waals surface area contributed by atoms with Gasteiger partial charge in [0.25, 0.3) is 5.91 Å². The number of nitrogens with zero attached hydrogens (tertiary/aromatic N) is 5. The van der Waals surface area contributed by atoms with Crippen LogP contribution in [-0.4, -0.2) is 66.1 Å². The van der Waals surface area contributed by atoms with Crippen LogP contribution in [0, 0.1) is 0 Å². The van der Waals surface area contributed by atoms with E-state index in [0.717, 1.165) is 21.9 Å². The Kier molecular flexibility index (Phi) is 5.34. The molecule has 3 aromatic rings. The zero-order valence-electron chi connectivity index (χ0n) is 20.1. The molecule has 0 spiro atoms. The van der Waals surface area contributed by atoms with E-state index in [9.17, 15) is 20.2 Å². The van der Waals surface area contributed by atoms with Gasteiger partial charge in [-0.1, -0.05) is 6.07 Å².